The molecular formula is C24H15ClN2O7. The molecule has 0 saturated heterocycles. The molecule has 4 rings (SSSR count). The van der Waals surface area contributed by atoms with Crippen molar-refractivity contribution in [2.45, 2.75) is 6.54 Å². The molecule has 1 aromatic heterocycles. The van der Waals surface area contributed by atoms with Crippen LogP contribution in [0.5, 0.6) is 5.75 Å². The van der Waals surface area contributed by atoms with Crippen LogP contribution < -0.4 is 15.7 Å². The number of amides is 1. The Labute approximate surface area is 196 Å². The number of nitrogens with zero attached hydrogens (tertiary/aromatic N) is 1. The Morgan fingerprint density at radius 2 is 1.76 bits per heavy atom. The van der Waals surface area contributed by atoms with E-state index in [4.69, 9.17) is 20.8 Å². The van der Waals surface area contributed by atoms with Crippen LogP contribution in [-0.2, 0) is 6.54 Å². The Hall–Kier alpha value is -4.50. The van der Waals surface area contributed by atoms with E-state index in [9.17, 15) is 24.5 Å². The number of non-ortho nitro benzene ring substituents is 1. The van der Waals surface area contributed by atoms with Crippen molar-refractivity contribution in [1.82, 2.24) is 5.32 Å². The molecule has 1 heterocycles. The average Bonchev–Trinajstić information content (AvgIpc) is 2.82. The lowest BCUT2D eigenvalue weighted by Gasteiger charge is -2.08. The number of carbonyl (C=O) groups excluding carboxylic acids is 2. The predicted octanol–water partition coefficient (Wildman–Crippen LogP) is 4.50. The molecule has 3 aromatic carbocycles. The first-order chi connectivity index (χ1) is 16.3. The van der Waals surface area contributed by atoms with E-state index in [0.29, 0.717) is 5.39 Å². The van der Waals surface area contributed by atoms with E-state index >= 15 is 0 Å². The Bertz CT molecular complexity index is 1480. The molecule has 0 aliphatic rings. The molecule has 34 heavy (non-hydrogen) atoms. The molecule has 0 bridgehead atoms. The molecule has 1 amide bonds. The van der Waals surface area contributed by atoms with Crippen LogP contribution in [0.25, 0.3) is 11.0 Å². The molecule has 0 unspecified atom stereocenters. The van der Waals surface area contributed by atoms with Gasteiger partial charge < -0.3 is 14.5 Å². The van der Waals surface area contributed by atoms with Gasteiger partial charge >= 0.3 is 11.6 Å². The summed E-state index contributed by atoms with van der Waals surface area (Å²) in [4.78, 5) is 47.4. The van der Waals surface area contributed by atoms with Crippen molar-refractivity contribution >= 4 is 40.1 Å². The maximum absolute atomic E-state index is 12.5. The fraction of sp³-hybridized carbons (Fsp3) is 0.0417. The third-order valence-electron chi connectivity index (χ3n) is 4.84. The molecule has 10 heteroatoms. The number of rotatable bonds is 6. The van der Waals surface area contributed by atoms with Crippen LogP contribution >= 0.6 is 11.6 Å². The van der Waals surface area contributed by atoms with Crippen molar-refractivity contribution in [1.29, 1.82) is 0 Å². The van der Waals surface area contributed by atoms with Crippen molar-refractivity contribution in [2.75, 3.05) is 0 Å². The van der Waals surface area contributed by atoms with E-state index in [0.717, 1.165) is 17.7 Å². The summed E-state index contributed by atoms with van der Waals surface area (Å²) in [5.41, 5.74) is -0.368. The molecule has 0 saturated carbocycles. The van der Waals surface area contributed by atoms with Crippen LogP contribution in [0.1, 0.15) is 26.3 Å². The summed E-state index contributed by atoms with van der Waals surface area (Å²) >= 11 is 5.96. The van der Waals surface area contributed by atoms with Crippen LogP contribution in [0.3, 0.4) is 0 Å². The van der Waals surface area contributed by atoms with Crippen LogP contribution in [0, 0.1) is 10.1 Å². The van der Waals surface area contributed by atoms with E-state index in [1.165, 1.54) is 30.3 Å². The summed E-state index contributed by atoms with van der Waals surface area (Å²) < 4.78 is 10.5. The van der Waals surface area contributed by atoms with Gasteiger partial charge in [-0.1, -0.05) is 41.9 Å². The van der Waals surface area contributed by atoms with Crippen LogP contribution in [-0.4, -0.2) is 16.8 Å². The normalized spacial score (nSPS) is 10.6. The highest BCUT2D eigenvalue weighted by Gasteiger charge is 2.18. The quantitative estimate of drug-likeness (QED) is 0.142. The van der Waals surface area contributed by atoms with E-state index in [-0.39, 0.29) is 39.7 Å². The van der Waals surface area contributed by atoms with Gasteiger partial charge in [0.2, 0.25) is 0 Å². The number of carbonyl (C=O) groups is 2. The Kier molecular flexibility index (Phi) is 6.37. The largest absolute Gasteiger partial charge is 0.423 e. The molecule has 0 aliphatic carbocycles. The Morgan fingerprint density at radius 1 is 1.00 bits per heavy atom. The predicted molar refractivity (Wildman–Crippen MR) is 123 cm³/mol. The number of hydrogen-bond acceptors (Lipinski definition) is 7. The number of nitro benzene ring substituents is 1. The molecule has 0 spiro atoms. The van der Waals surface area contributed by atoms with E-state index in [1.54, 1.807) is 0 Å². The van der Waals surface area contributed by atoms with Gasteiger partial charge in [0, 0.05) is 30.1 Å². The van der Waals surface area contributed by atoms with Gasteiger partial charge in [-0.15, -0.1) is 0 Å². The molecule has 170 valence electrons. The molecular weight excluding hydrogens is 464 g/mol. The van der Waals surface area contributed by atoms with Gasteiger partial charge in [-0.2, -0.15) is 0 Å². The highest BCUT2D eigenvalue weighted by atomic mass is 35.5. The van der Waals surface area contributed by atoms with Crippen molar-refractivity contribution in [2.24, 2.45) is 0 Å². The van der Waals surface area contributed by atoms with Gasteiger partial charge in [0.25, 0.3) is 11.6 Å². The number of nitro groups is 1. The van der Waals surface area contributed by atoms with Gasteiger partial charge in [-0.05, 0) is 29.8 Å². The molecule has 4 aromatic rings. The number of benzene rings is 3. The van der Waals surface area contributed by atoms with Crippen molar-refractivity contribution in [3.05, 3.63) is 115 Å². The first-order valence-corrected chi connectivity index (χ1v) is 10.3. The minimum absolute atomic E-state index is 0.0522. The summed E-state index contributed by atoms with van der Waals surface area (Å²) in [6, 6.07) is 18.3. The zero-order chi connectivity index (χ0) is 24.2. The number of nitrogens with one attached hydrogen (secondary N) is 1. The Morgan fingerprint density at radius 3 is 2.47 bits per heavy atom. The summed E-state index contributed by atoms with van der Waals surface area (Å²) in [6.07, 6.45) is 0. The van der Waals surface area contributed by atoms with Crippen LogP contribution in [0.15, 0.2) is 82.0 Å². The Balaban J connectivity index is 1.52. The maximum Gasteiger partial charge on any atom is 0.349 e. The van der Waals surface area contributed by atoms with Gasteiger partial charge in [-0.25, -0.2) is 9.59 Å². The second-order valence-corrected chi connectivity index (χ2v) is 7.53. The third-order valence-corrected chi connectivity index (χ3v) is 5.15. The van der Waals surface area contributed by atoms with Gasteiger partial charge in [-0.3, -0.25) is 14.9 Å². The average molecular weight is 479 g/mol. The van der Waals surface area contributed by atoms with E-state index < -0.39 is 22.4 Å². The van der Waals surface area contributed by atoms with E-state index in [1.807, 2.05) is 30.3 Å². The van der Waals surface area contributed by atoms with Crippen molar-refractivity contribution in [3.63, 3.8) is 0 Å². The number of halogens is 1. The van der Waals surface area contributed by atoms with Gasteiger partial charge in [0.1, 0.15) is 16.9 Å². The second kappa shape index (κ2) is 9.55. The van der Waals surface area contributed by atoms with Gasteiger partial charge in [0.15, 0.2) is 0 Å². The first-order valence-electron chi connectivity index (χ1n) is 9.88. The molecule has 0 radical (unpaired) electrons. The summed E-state index contributed by atoms with van der Waals surface area (Å²) in [6.45, 7) is 0.247. The monoisotopic (exact) mass is 478 g/mol. The summed E-state index contributed by atoms with van der Waals surface area (Å²) in [5.74, 6) is -1.38. The summed E-state index contributed by atoms with van der Waals surface area (Å²) in [5, 5.41) is 13.8. The molecule has 0 aliphatic heterocycles. The van der Waals surface area contributed by atoms with Crippen LogP contribution in [0.2, 0.25) is 5.02 Å². The smallest absolute Gasteiger partial charge is 0.349 e. The molecule has 9 nitrogen and oxygen atoms in total. The van der Waals surface area contributed by atoms with Crippen molar-refractivity contribution < 1.29 is 23.7 Å². The lowest BCUT2D eigenvalue weighted by Crippen LogP contribution is -2.27. The molecule has 0 atom stereocenters. The minimum Gasteiger partial charge on any atom is -0.423 e. The zero-order valence-electron chi connectivity index (χ0n) is 17.3. The summed E-state index contributed by atoms with van der Waals surface area (Å²) in [7, 11) is 0. The molecule has 1 N–H and O–H groups in total. The van der Waals surface area contributed by atoms with Crippen molar-refractivity contribution in [3.8, 4) is 5.75 Å². The van der Waals surface area contributed by atoms with Crippen LogP contribution in [0.4, 0.5) is 5.69 Å². The van der Waals surface area contributed by atoms with Gasteiger partial charge in [0.05, 0.1) is 15.5 Å². The SMILES string of the molecule is O=C(Oc1ccc2cc(C(=O)NCc3ccccc3)c(=O)oc2c1)c1ccc([N+](=O)[O-])cc1Cl. The van der Waals surface area contributed by atoms with E-state index in [2.05, 4.69) is 5.32 Å². The third kappa shape index (κ3) is 4.94. The second-order valence-electron chi connectivity index (χ2n) is 7.13. The standard InChI is InChI=1S/C24H15ClN2O7/c25-20-11-16(27(31)32)7-9-18(20)23(29)33-17-8-6-15-10-19(24(30)34-21(15)12-17)22(28)26-13-14-4-2-1-3-5-14/h1-12H,13H2,(H,26,28). The minimum atomic E-state index is -0.849. The number of esters is 1. The number of fused-ring (bicyclic) bond motifs is 1. The lowest BCUT2D eigenvalue weighted by atomic mass is 10.1. The maximum atomic E-state index is 12.5. The zero-order valence-corrected chi connectivity index (χ0v) is 18.1. The highest BCUT2D eigenvalue weighted by molar-refractivity contribution is 6.33. The number of hydrogen-bond donors (Lipinski definition) is 1. The highest BCUT2D eigenvalue weighted by Crippen LogP contribution is 2.25. The lowest BCUT2D eigenvalue weighted by molar-refractivity contribution is -0.384. The first kappa shape index (κ1) is 22.7. The fourth-order valence-electron chi connectivity index (χ4n) is 3.13. The topological polar surface area (TPSA) is 129 Å². The number of ether oxygens (including phenoxy) is 1. The molecule has 0 fully saturated rings. The fourth-order valence-corrected chi connectivity index (χ4v) is 3.38.